The number of fused-ring (bicyclic) bond motifs is 1. The van der Waals surface area contributed by atoms with Crippen LogP contribution in [0.1, 0.15) is 146 Å². The van der Waals surface area contributed by atoms with E-state index in [0.717, 1.165) is 0 Å². The summed E-state index contributed by atoms with van der Waals surface area (Å²) in [6.45, 7) is 25.9. The van der Waals surface area contributed by atoms with E-state index in [2.05, 4.69) is 21.3 Å². The van der Waals surface area contributed by atoms with Gasteiger partial charge in [0.15, 0.2) is 8.32 Å². The zero-order valence-corrected chi connectivity index (χ0v) is 53.1. The second kappa shape index (κ2) is 29.8. The molecule has 6 N–H and O–H groups in total. The number of likely N-dealkylation sites (N-methyl/N-ethyl adjacent to an activating group) is 2. The van der Waals surface area contributed by atoms with Crippen LogP contribution >= 0.6 is 0 Å². The minimum absolute atomic E-state index is 0.0818. The molecule has 0 aliphatic carbocycles. The van der Waals surface area contributed by atoms with E-state index in [0.29, 0.717) is 50.0 Å². The Morgan fingerprint density at radius 1 is 0.890 bits per heavy atom. The molecule has 8 amide bonds. The van der Waals surface area contributed by atoms with Gasteiger partial charge in [-0.25, -0.2) is 4.79 Å². The van der Waals surface area contributed by atoms with Crippen molar-refractivity contribution in [2.75, 3.05) is 34.3 Å². The second-order valence-electron chi connectivity index (χ2n) is 25.8. The minimum atomic E-state index is -2.68. The number of nitrogens with zero attached hydrogens (tertiary/aromatic N) is 4. The molecule has 3 aliphatic rings. The van der Waals surface area contributed by atoms with Crippen LogP contribution in [0.25, 0.3) is 0 Å². The number of rotatable bonds is 18. The quantitative estimate of drug-likeness (QED) is 0.0885. The first-order chi connectivity index (χ1) is 38.1. The van der Waals surface area contributed by atoms with Gasteiger partial charge in [0, 0.05) is 39.5 Å². The van der Waals surface area contributed by atoms with Crippen molar-refractivity contribution < 1.29 is 62.5 Å². The van der Waals surface area contributed by atoms with Gasteiger partial charge in [-0.05, 0) is 111 Å². The molecule has 0 saturated carbocycles. The maximum absolute atomic E-state index is 15.1. The molecule has 3 saturated heterocycles. The van der Waals surface area contributed by atoms with Gasteiger partial charge in [0.1, 0.15) is 54.1 Å². The Labute approximate surface area is 488 Å². The Morgan fingerprint density at radius 2 is 1.51 bits per heavy atom. The summed E-state index contributed by atoms with van der Waals surface area (Å²) in [7, 11) is 1.75. The van der Waals surface area contributed by atoms with Gasteiger partial charge in [0.2, 0.25) is 47.3 Å². The van der Waals surface area contributed by atoms with E-state index in [1.54, 1.807) is 56.9 Å². The van der Waals surface area contributed by atoms with Gasteiger partial charge in [-0.1, -0.05) is 94.7 Å². The summed E-state index contributed by atoms with van der Waals surface area (Å²) in [6.07, 6.45) is -0.951. The Bertz CT molecular complexity index is 2400. The lowest BCUT2D eigenvalue weighted by atomic mass is 9.91. The van der Waals surface area contributed by atoms with Crippen molar-refractivity contribution in [1.29, 1.82) is 0 Å². The molecule has 1 aromatic carbocycles. The van der Waals surface area contributed by atoms with Crippen LogP contribution < -0.4 is 26.0 Å². The minimum Gasteiger partial charge on any atom is -0.497 e. The summed E-state index contributed by atoms with van der Waals surface area (Å²) in [5.74, 6) is -6.96. The number of aliphatic hydroxyl groups excluding tert-OH is 1. The topological polar surface area (TPSA) is 274 Å². The largest absolute Gasteiger partial charge is 0.497 e. The normalized spacial score (nSPS) is 26.3. The lowest BCUT2D eigenvalue weighted by molar-refractivity contribution is -0.162. The molecule has 3 heterocycles. The average Bonchev–Trinajstić information content (AvgIpc) is 4.29. The lowest BCUT2D eigenvalue weighted by Gasteiger charge is -2.38. The smallest absolute Gasteiger partial charge is 0.329 e. The van der Waals surface area contributed by atoms with Gasteiger partial charge in [-0.15, -0.1) is 0 Å². The lowest BCUT2D eigenvalue weighted by Crippen LogP contribution is -2.62. The third kappa shape index (κ3) is 17.7. The fourth-order valence-electron chi connectivity index (χ4n) is 11.3. The van der Waals surface area contributed by atoms with Crippen LogP contribution in [0.5, 0.6) is 5.75 Å². The fraction of sp³-hybridized carbons (Fsp3) is 0.750. The molecule has 3 fully saturated rings. The molecule has 0 radical (unpaired) electrons. The number of nitrogens with one attached hydrogen (secondary N) is 4. The van der Waals surface area contributed by atoms with E-state index in [1.165, 1.54) is 42.8 Å². The van der Waals surface area contributed by atoms with E-state index in [1.807, 2.05) is 61.6 Å². The number of likely N-dealkylation sites (tertiary alicyclic amines) is 1. The maximum Gasteiger partial charge on any atom is 0.329 e. The van der Waals surface area contributed by atoms with E-state index < -0.39 is 145 Å². The number of hydrogen-bond acceptors (Lipinski definition) is 13. The number of carbonyl (C=O) groups excluding carboxylic acids is 9. The predicted molar refractivity (Wildman–Crippen MR) is 314 cm³/mol. The standard InChI is InChI=1S/C60H100N8O13Si/c1-18-37(8)50-47(69)32-48(70)62-49(36(6)7)53(72)61-42(29-34(2)3)56(75)68-28-20-22-44(68)58(77)66(14)46(31-40-23-25-41(80-15)26-24-40)59(78)81-39(10)51(54(73)63-50)64-52(71)45(30-35(4)5)65(13)57(76)43-21-19-27-67(43)55(74)38(9)33-60(11,12)82(16,17)79/h23-26,34-39,42-47,49-51,69,79H,18-22,27-33H2,1-17H3,(H,61,72)(H,62,70)(H,63,73)(H,64,71)/t37-,38+,39+,42-,43?,44-,45+,46-,47-,49-,50+,51-/m0/s1. The van der Waals surface area contributed by atoms with E-state index in [-0.39, 0.29) is 50.0 Å². The van der Waals surface area contributed by atoms with Gasteiger partial charge in [-0.2, -0.15) is 0 Å². The third-order valence-electron chi connectivity index (χ3n) is 17.3. The molecular weight excluding hydrogens is 1070 g/mol. The van der Waals surface area contributed by atoms with Gasteiger partial charge in [0.05, 0.1) is 25.7 Å². The molecule has 4 rings (SSSR count). The number of benzene rings is 1. The number of methoxy groups -OCH3 is 1. The van der Waals surface area contributed by atoms with Crippen LogP contribution in [0.2, 0.25) is 18.1 Å². The van der Waals surface area contributed by atoms with Crippen molar-refractivity contribution in [2.45, 2.75) is 226 Å². The number of cyclic esters (lactones) is 1. The molecular formula is C60H100N8O13Si. The highest BCUT2D eigenvalue weighted by Crippen LogP contribution is 2.42. The summed E-state index contributed by atoms with van der Waals surface area (Å²) in [5.41, 5.74) is 0.608. The molecule has 22 heteroatoms. The number of esters is 1. The van der Waals surface area contributed by atoms with E-state index >= 15 is 14.4 Å². The SMILES string of the molecule is CC[C@H](C)[C@H]1NC(=O)[C@@H](NC(=O)[C@@H](CC(C)C)N(C)C(=O)C2CCCN2C(=O)[C@H](C)CC(C)(C)[Si](C)(C)O)[C@@H](C)OC(=O)[C@H](Cc2ccc(OC)cc2)N(C)C(=O)[C@@H]2CCCN2C(=O)[C@H](CC(C)C)NC(=O)[C@H](C(C)C)NC(=O)C[C@@H]1O. The van der Waals surface area contributed by atoms with Crippen LogP contribution in [0.4, 0.5) is 0 Å². The third-order valence-corrected chi connectivity index (χ3v) is 20.9. The monoisotopic (exact) mass is 1170 g/mol. The van der Waals surface area contributed by atoms with Gasteiger partial charge in [0.25, 0.3) is 0 Å². The second-order valence-corrected chi connectivity index (χ2v) is 30.3. The highest BCUT2D eigenvalue weighted by molar-refractivity contribution is 6.72. The Hall–Kier alpha value is -5.61. The summed E-state index contributed by atoms with van der Waals surface area (Å²) >= 11 is 0. The average molecular weight is 1170 g/mol. The number of aliphatic hydroxyl groups is 1. The van der Waals surface area contributed by atoms with E-state index in [9.17, 15) is 38.7 Å². The first-order valence-electron chi connectivity index (χ1n) is 29.7. The molecule has 0 aromatic heterocycles. The van der Waals surface area contributed by atoms with E-state index in [4.69, 9.17) is 9.47 Å². The van der Waals surface area contributed by atoms with Crippen LogP contribution in [0, 0.1) is 29.6 Å². The molecule has 462 valence electrons. The molecule has 21 nitrogen and oxygen atoms in total. The number of ether oxygens (including phenoxy) is 2. The maximum atomic E-state index is 15.1. The van der Waals surface area contributed by atoms with Crippen LogP contribution in [-0.2, 0) is 54.3 Å². The fourth-order valence-corrected chi connectivity index (χ4v) is 12.1. The van der Waals surface area contributed by atoms with Crippen LogP contribution in [-0.4, -0.2) is 186 Å². The predicted octanol–water partition coefficient (Wildman–Crippen LogP) is 4.31. The zero-order valence-electron chi connectivity index (χ0n) is 52.1. The molecule has 1 aromatic rings. The Morgan fingerprint density at radius 3 is 2.07 bits per heavy atom. The number of carbonyl (C=O) groups is 9. The summed E-state index contributed by atoms with van der Waals surface area (Å²) in [4.78, 5) is 148. The highest BCUT2D eigenvalue weighted by Gasteiger charge is 2.47. The van der Waals surface area contributed by atoms with Crippen molar-refractivity contribution >= 4 is 61.5 Å². The van der Waals surface area contributed by atoms with Gasteiger partial charge in [-0.3, -0.25) is 38.4 Å². The molecule has 12 atom stereocenters. The molecule has 1 unspecified atom stereocenters. The first-order valence-corrected chi connectivity index (χ1v) is 32.7. The Kier molecular flexibility index (Phi) is 25.0. The number of hydrogen-bond donors (Lipinski definition) is 6. The first kappa shape index (κ1) is 68.9. The molecule has 0 bridgehead atoms. The van der Waals surface area contributed by atoms with Crippen LogP contribution in [0.15, 0.2) is 24.3 Å². The Balaban J connectivity index is 1.84. The van der Waals surface area contributed by atoms with Crippen molar-refractivity contribution in [3.8, 4) is 5.75 Å². The van der Waals surface area contributed by atoms with Gasteiger partial charge >= 0.3 is 5.97 Å². The zero-order chi connectivity index (χ0) is 61.9. The number of amides is 8. The summed E-state index contributed by atoms with van der Waals surface area (Å²) in [5, 5.41) is 22.7. The molecule has 82 heavy (non-hydrogen) atoms. The highest BCUT2D eigenvalue weighted by atomic mass is 28.4. The van der Waals surface area contributed by atoms with Crippen molar-refractivity contribution in [2.24, 2.45) is 29.6 Å². The van der Waals surface area contributed by atoms with Crippen LogP contribution in [0.3, 0.4) is 0 Å². The summed E-state index contributed by atoms with van der Waals surface area (Å²) < 4.78 is 11.6. The molecule has 0 spiro atoms. The van der Waals surface area contributed by atoms with Crippen molar-refractivity contribution in [1.82, 2.24) is 40.9 Å². The van der Waals surface area contributed by atoms with Crippen molar-refractivity contribution in [3.63, 3.8) is 0 Å². The molecule has 3 aliphatic heterocycles. The summed E-state index contributed by atoms with van der Waals surface area (Å²) in [6, 6.07) is -2.73. The van der Waals surface area contributed by atoms with Crippen molar-refractivity contribution in [3.05, 3.63) is 29.8 Å². The van der Waals surface area contributed by atoms with Gasteiger partial charge < -0.3 is 60.2 Å².